The third kappa shape index (κ3) is 10.8. The molecular weight excluding hydrogens is 449 g/mol. The van der Waals surface area contributed by atoms with E-state index in [9.17, 15) is 8.42 Å². The van der Waals surface area contributed by atoms with Crippen LogP contribution in [0.15, 0.2) is 29.3 Å². The Kier molecular flexibility index (Phi) is 10.8. The van der Waals surface area contributed by atoms with Crippen molar-refractivity contribution in [3.05, 3.63) is 34.9 Å². The Morgan fingerprint density at radius 3 is 2.65 bits per heavy atom. The largest absolute Gasteiger partial charge is 0.357 e. The topological polar surface area (TPSA) is 70.6 Å². The van der Waals surface area contributed by atoms with Gasteiger partial charge in [-0.1, -0.05) is 23.7 Å². The number of halogens is 2. The van der Waals surface area contributed by atoms with Crippen LogP contribution in [0.1, 0.15) is 25.8 Å². The number of nitrogens with zero attached hydrogens (tertiary/aromatic N) is 1. The van der Waals surface area contributed by atoms with Crippen molar-refractivity contribution < 1.29 is 8.42 Å². The molecule has 0 aromatic heterocycles. The molecule has 0 saturated heterocycles. The fourth-order valence-electron chi connectivity index (χ4n) is 1.82. The van der Waals surface area contributed by atoms with Gasteiger partial charge in [0.05, 0.1) is 12.3 Å². The Morgan fingerprint density at radius 2 is 2.09 bits per heavy atom. The van der Waals surface area contributed by atoms with Crippen molar-refractivity contribution in [2.24, 2.45) is 4.99 Å². The van der Waals surface area contributed by atoms with Crippen LogP contribution in [-0.2, 0) is 16.4 Å². The maximum absolute atomic E-state index is 11.2. The van der Waals surface area contributed by atoms with Crippen LogP contribution in [0.3, 0.4) is 0 Å². The molecule has 0 heterocycles. The van der Waals surface area contributed by atoms with Gasteiger partial charge in [0.15, 0.2) is 5.96 Å². The molecule has 0 aliphatic rings. The molecule has 23 heavy (non-hydrogen) atoms. The number of benzene rings is 1. The van der Waals surface area contributed by atoms with Gasteiger partial charge in [0.1, 0.15) is 9.84 Å². The van der Waals surface area contributed by atoms with Crippen LogP contribution in [0.4, 0.5) is 0 Å². The highest BCUT2D eigenvalue weighted by Gasteiger charge is 2.09. The zero-order valence-corrected chi connectivity index (χ0v) is 17.6. The zero-order valence-electron chi connectivity index (χ0n) is 13.7. The SMILES string of the molecule is CCNC(=NCc1cccc(Cl)c1)NC(C)CCS(C)(=O)=O.I. The monoisotopic (exact) mass is 473 g/mol. The Labute approximate surface area is 161 Å². The Hall–Kier alpha value is -0.540. The van der Waals surface area contributed by atoms with Crippen molar-refractivity contribution in [2.75, 3.05) is 18.6 Å². The van der Waals surface area contributed by atoms with Gasteiger partial charge in [-0.05, 0) is 38.0 Å². The van der Waals surface area contributed by atoms with Crippen LogP contribution in [0.2, 0.25) is 5.02 Å². The zero-order chi connectivity index (χ0) is 16.6. The first-order valence-electron chi connectivity index (χ1n) is 7.27. The first kappa shape index (κ1) is 22.5. The second kappa shape index (κ2) is 11.1. The lowest BCUT2D eigenvalue weighted by atomic mass is 10.2. The standard InChI is InChI=1S/C15H24ClN3O2S.HI/c1-4-17-15(19-12(2)8-9-22(3,20)21)18-11-13-6-5-7-14(16)10-13;/h5-7,10,12H,4,8-9,11H2,1-3H3,(H2,17,18,19);1H. The van der Waals surface area contributed by atoms with E-state index in [1.807, 2.05) is 38.1 Å². The summed E-state index contributed by atoms with van der Waals surface area (Å²) in [5.41, 5.74) is 1.02. The molecular formula is C15H25ClIN3O2S. The van der Waals surface area contributed by atoms with Crippen molar-refractivity contribution in [2.45, 2.75) is 32.9 Å². The molecule has 1 aromatic rings. The molecule has 1 atom stereocenters. The number of hydrogen-bond donors (Lipinski definition) is 2. The summed E-state index contributed by atoms with van der Waals surface area (Å²) in [4.78, 5) is 4.50. The highest BCUT2D eigenvalue weighted by atomic mass is 127. The lowest BCUT2D eigenvalue weighted by Gasteiger charge is -2.17. The second-order valence-electron chi connectivity index (χ2n) is 5.29. The number of sulfone groups is 1. The maximum atomic E-state index is 11.2. The molecule has 1 aromatic carbocycles. The summed E-state index contributed by atoms with van der Waals surface area (Å²) in [6, 6.07) is 7.58. The quantitative estimate of drug-likeness (QED) is 0.363. The summed E-state index contributed by atoms with van der Waals surface area (Å²) < 4.78 is 22.4. The summed E-state index contributed by atoms with van der Waals surface area (Å²) in [6.07, 6.45) is 1.79. The Morgan fingerprint density at radius 1 is 1.39 bits per heavy atom. The molecule has 132 valence electrons. The third-order valence-electron chi connectivity index (χ3n) is 2.96. The second-order valence-corrected chi connectivity index (χ2v) is 7.99. The molecule has 0 bridgehead atoms. The minimum absolute atomic E-state index is 0. The molecule has 1 unspecified atom stereocenters. The fraction of sp³-hybridized carbons (Fsp3) is 0.533. The maximum Gasteiger partial charge on any atom is 0.191 e. The number of nitrogens with one attached hydrogen (secondary N) is 2. The van der Waals surface area contributed by atoms with E-state index in [1.54, 1.807) is 0 Å². The molecule has 8 heteroatoms. The van der Waals surface area contributed by atoms with Gasteiger partial charge >= 0.3 is 0 Å². The molecule has 0 spiro atoms. The van der Waals surface area contributed by atoms with Gasteiger partial charge in [-0.15, -0.1) is 24.0 Å². The Bertz CT molecular complexity index is 608. The smallest absolute Gasteiger partial charge is 0.191 e. The van der Waals surface area contributed by atoms with Crippen LogP contribution in [0, 0.1) is 0 Å². The van der Waals surface area contributed by atoms with E-state index >= 15 is 0 Å². The van der Waals surface area contributed by atoms with E-state index in [-0.39, 0.29) is 35.8 Å². The minimum Gasteiger partial charge on any atom is -0.357 e. The van der Waals surface area contributed by atoms with E-state index in [1.165, 1.54) is 6.26 Å². The van der Waals surface area contributed by atoms with Crippen LogP contribution in [0.5, 0.6) is 0 Å². The van der Waals surface area contributed by atoms with Crippen molar-refractivity contribution in [3.8, 4) is 0 Å². The minimum atomic E-state index is -2.94. The number of rotatable bonds is 7. The average molecular weight is 474 g/mol. The summed E-state index contributed by atoms with van der Waals surface area (Å²) >= 11 is 5.95. The number of hydrogen-bond acceptors (Lipinski definition) is 3. The molecule has 0 aliphatic heterocycles. The van der Waals surface area contributed by atoms with Gasteiger partial charge in [0.2, 0.25) is 0 Å². The molecule has 0 amide bonds. The first-order chi connectivity index (χ1) is 10.3. The summed E-state index contributed by atoms with van der Waals surface area (Å²) in [7, 11) is -2.94. The highest BCUT2D eigenvalue weighted by molar-refractivity contribution is 14.0. The lowest BCUT2D eigenvalue weighted by molar-refractivity contribution is 0.581. The molecule has 2 N–H and O–H groups in total. The van der Waals surface area contributed by atoms with Gasteiger partial charge < -0.3 is 10.6 Å². The van der Waals surface area contributed by atoms with E-state index in [2.05, 4.69) is 15.6 Å². The predicted molar refractivity (Wildman–Crippen MR) is 109 cm³/mol. The van der Waals surface area contributed by atoms with E-state index in [0.717, 1.165) is 12.1 Å². The van der Waals surface area contributed by atoms with Crippen LogP contribution >= 0.6 is 35.6 Å². The normalized spacial score (nSPS) is 13.1. The molecule has 1 rings (SSSR count). The first-order valence-corrected chi connectivity index (χ1v) is 9.71. The van der Waals surface area contributed by atoms with Crippen LogP contribution in [0.25, 0.3) is 0 Å². The van der Waals surface area contributed by atoms with Gasteiger partial charge in [-0.25, -0.2) is 13.4 Å². The van der Waals surface area contributed by atoms with Crippen molar-refractivity contribution in [1.29, 1.82) is 0 Å². The van der Waals surface area contributed by atoms with Gasteiger partial charge in [-0.2, -0.15) is 0 Å². The predicted octanol–water partition coefficient (Wildman–Crippen LogP) is 2.84. The summed E-state index contributed by atoms with van der Waals surface area (Å²) in [6.45, 7) is 5.17. The fourth-order valence-corrected chi connectivity index (χ4v) is 2.82. The summed E-state index contributed by atoms with van der Waals surface area (Å²) in [5, 5.41) is 7.06. The van der Waals surface area contributed by atoms with Crippen molar-refractivity contribution in [1.82, 2.24) is 10.6 Å². The van der Waals surface area contributed by atoms with E-state index in [4.69, 9.17) is 11.6 Å². The summed E-state index contributed by atoms with van der Waals surface area (Å²) in [5.74, 6) is 0.831. The van der Waals surface area contributed by atoms with E-state index < -0.39 is 9.84 Å². The highest BCUT2D eigenvalue weighted by Crippen LogP contribution is 2.11. The van der Waals surface area contributed by atoms with Crippen molar-refractivity contribution >= 4 is 51.4 Å². The average Bonchev–Trinajstić information content (AvgIpc) is 2.42. The lowest BCUT2D eigenvalue weighted by Crippen LogP contribution is -2.42. The van der Waals surface area contributed by atoms with E-state index in [0.29, 0.717) is 23.9 Å². The number of guanidine groups is 1. The Balaban J connectivity index is 0.00000484. The molecule has 5 nitrogen and oxygen atoms in total. The molecule has 0 fully saturated rings. The molecule has 0 aliphatic carbocycles. The molecule has 0 radical (unpaired) electrons. The van der Waals surface area contributed by atoms with Crippen LogP contribution < -0.4 is 10.6 Å². The van der Waals surface area contributed by atoms with Gasteiger partial charge in [-0.3, -0.25) is 0 Å². The van der Waals surface area contributed by atoms with Gasteiger partial charge in [0, 0.05) is 23.9 Å². The number of aliphatic imine (C=N–C) groups is 1. The third-order valence-corrected chi connectivity index (χ3v) is 4.17. The molecule has 0 saturated carbocycles. The van der Waals surface area contributed by atoms with Crippen LogP contribution in [-0.4, -0.2) is 39.0 Å². The van der Waals surface area contributed by atoms with Gasteiger partial charge in [0.25, 0.3) is 0 Å². The van der Waals surface area contributed by atoms with Crippen molar-refractivity contribution in [3.63, 3.8) is 0 Å².